The van der Waals surface area contributed by atoms with Gasteiger partial charge in [-0.25, -0.2) is 17.6 Å². The third-order valence-electron chi connectivity index (χ3n) is 4.20. The maximum Gasteiger partial charge on any atom is 0.313 e. The van der Waals surface area contributed by atoms with E-state index in [4.69, 9.17) is 5.11 Å². The number of aliphatic carboxylic acids is 1. The summed E-state index contributed by atoms with van der Waals surface area (Å²) >= 11 is 0. The maximum absolute atomic E-state index is 13.7. The van der Waals surface area contributed by atoms with E-state index in [0.717, 1.165) is 6.08 Å². The van der Waals surface area contributed by atoms with Crippen LogP contribution in [0.2, 0.25) is 0 Å². The molecular formula is C22H19F6N3O7. The number of ether oxygens (including phenoxy) is 1. The van der Waals surface area contributed by atoms with Crippen LogP contribution in [-0.4, -0.2) is 53.8 Å². The molecule has 0 radical (unpaired) electrons. The van der Waals surface area contributed by atoms with E-state index in [1.807, 2.05) is 5.32 Å². The molecule has 0 saturated heterocycles. The summed E-state index contributed by atoms with van der Waals surface area (Å²) in [4.78, 5) is 58.8. The molecule has 38 heavy (non-hydrogen) atoms. The van der Waals surface area contributed by atoms with Gasteiger partial charge in [0.15, 0.2) is 23.2 Å². The van der Waals surface area contributed by atoms with Crippen molar-refractivity contribution in [1.29, 1.82) is 0 Å². The molecule has 0 fully saturated rings. The Morgan fingerprint density at radius 2 is 1.66 bits per heavy atom. The number of allylic oxidation sites excluding steroid dienone is 4. The van der Waals surface area contributed by atoms with Crippen LogP contribution in [0.3, 0.4) is 0 Å². The fraction of sp³-hybridized carbons (Fsp3) is 0.227. The molecule has 1 aromatic carbocycles. The summed E-state index contributed by atoms with van der Waals surface area (Å²) in [5, 5.41) is 14.1. The van der Waals surface area contributed by atoms with Gasteiger partial charge in [0.2, 0.25) is 17.5 Å². The Morgan fingerprint density at radius 1 is 1.05 bits per heavy atom. The average molecular weight is 551 g/mol. The Labute approximate surface area is 210 Å². The van der Waals surface area contributed by atoms with Crippen molar-refractivity contribution in [3.63, 3.8) is 0 Å². The average Bonchev–Trinajstić information content (AvgIpc) is 2.86. The number of carbonyl (C=O) groups excluding carboxylic acids is 4. The monoisotopic (exact) mass is 551 g/mol. The number of carbonyl (C=O) groups is 5. The van der Waals surface area contributed by atoms with Gasteiger partial charge in [-0.3, -0.25) is 24.0 Å². The first kappa shape index (κ1) is 31.4. The van der Waals surface area contributed by atoms with Crippen LogP contribution < -0.4 is 20.7 Å². The lowest BCUT2D eigenvalue weighted by Gasteiger charge is -2.17. The highest BCUT2D eigenvalue weighted by Crippen LogP contribution is 2.26. The molecule has 1 atom stereocenters. The molecule has 3 amide bonds. The normalized spacial score (nSPS) is 12.6. The third kappa shape index (κ3) is 9.44. The number of amides is 3. The van der Waals surface area contributed by atoms with Gasteiger partial charge in [0.05, 0.1) is 13.0 Å². The van der Waals surface area contributed by atoms with Crippen molar-refractivity contribution in [2.24, 2.45) is 0 Å². The summed E-state index contributed by atoms with van der Waals surface area (Å²) < 4.78 is 84.7. The van der Waals surface area contributed by atoms with Crippen LogP contribution in [0, 0.1) is 23.3 Å². The zero-order chi connectivity index (χ0) is 29.0. The highest BCUT2D eigenvalue weighted by Gasteiger charge is 2.27. The van der Waals surface area contributed by atoms with Gasteiger partial charge in [-0.05, 0) is 13.0 Å². The van der Waals surface area contributed by atoms with Gasteiger partial charge in [-0.15, -0.1) is 0 Å². The van der Waals surface area contributed by atoms with Crippen molar-refractivity contribution in [1.82, 2.24) is 16.0 Å². The summed E-state index contributed by atoms with van der Waals surface area (Å²) in [6.45, 7) is -0.860. The number of benzene rings is 1. The number of hydrogen-bond acceptors (Lipinski definition) is 6. The van der Waals surface area contributed by atoms with Crippen LogP contribution >= 0.6 is 0 Å². The number of rotatable bonds is 12. The molecule has 0 spiro atoms. The second-order valence-corrected chi connectivity index (χ2v) is 6.97. The quantitative estimate of drug-likeness (QED) is 0.133. The first-order valence-corrected chi connectivity index (χ1v) is 10.2. The Hall–Kier alpha value is -4.63. The van der Waals surface area contributed by atoms with Crippen LogP contribution in [0.25, 0.3) is 0 Å². The number of nitrogens with one attached hydrogen (secondary N) is 3. The minimum absolute atomic E-state index is 0.118. The van der Waals surface area contributed by atoms with Crippen LogP contribution in [0.1, 0.15) is 13.3 Å². The lowest BCUT2D eigenvalue weighted by atomic mass is 10.1. The summed E-state index contributed by atoms with van der Waals surface area (Å²) in [5.41, 5.74) is -1.01. The number of halogens is 6. The zero-order valence-corrected chi connectivity index (χ0v) is 19.2. The van der Waals surface area contributed by atoms with Crippen molar-refractivity contribution in [3.8, 4) is 5.75 Å². The second kappa shape index (κ2) is 14.8. The molecule has 0 aliphatic rings. The van der Waals surface area contributed by atoms with E-state index in [1.54, 1.807) is 10.6 Å². The lowest BCUT2D eigenvalue weighted by Crippen LogP contribution is -2.49. The minimum Gasteiger partial charge on any atom is -0.481 e. The molecule has 1 aromatic rings. The van der Waals surface area contributed by atoms with Crippen molar-refractivity contribution < 1.29 is 60.2 Å². The van der Waals surface area contributed by atoms with Gasteiger partial charge in [0.25, 0.3) is 0 Å². The molecular weight excluding hydrogens is 532 g/mol. The molecule has 10 nitrogen and oxygen atoms in total. The van der Waals surface area contributed by atoms with E-state index in [1.165, 1.54) is 19.1 Å². The molecule has 0 aliphatic carbocycles. The highest BCUT2D eigenvalue weighted by molar-refractivity contribution is 6.35. The van der Waals surface area contributed by atoms with Gasteiger partial charge in [-0.1, -0.05) is 12.2 Å². The molecule has 0 heterocycles. The molecule has 4 N–H and O–H groups in total. The fourth-order valence-corrected chi connectivity index (χ4v) is 2.42. The summed E-state index contributed by atoms with van der Waals surface area (Å²) in [6, 6.07) is -2.03. The van der Waals surface area contributed by atoms with Gasteiger partial charge in [0.1, 0.15) is 30.5 Å². The topological polar surface area (TPSA) is 151 Å². The minimum atomic E-state index is -1.97. The number of carboxylic acid groups (broad SMARTS) is 1. The van der Waals surface area contributed by atoms with Gasteiger partial charge >= 0.3 is 17.8 Å². The standard InChI is InChI=1S/C22H19F6N3O7/c1-2-3-4-10(24)14(7-23)31-22(37)21(36)29-8-16(33)30-13(6-17(34)35)15(32)9-38-20-18(27)11(25)5-12(26)19(20)28/h2-5,7,13H,6,8-9H2,1H3,(H,29,36)(H,30,33)(H,31,37)(H,34,35)/b3-2-,10-4+,14-7-. The number of hydrogen-bond donors (Lipinski definition) is 4. The predicted octanol–water partition coefficient (Wildman–Crippen LogP) is 1.62. The SMILES string of the molecule is C\C=C/C=C(F)\C(=C\F)NC(=O)C(=O)NCC(=O)NC(CC(=O)O)C(=O)COc1c(F)c(F)cc(F)c1F. The van der Waals surface area contributed by atoms with E-state index in [0.29, 0.717) is 0 Å². The first-order valence-electron chi connectivity index (χ1n) is 10.2. The first-order chi connectivity index (χ1) is 17.8. The van der Waals surface area contributed by atoms with Crippen LogP contribution in [0.4, 0.5) is 26.3 Å². The molecule has 1 rings (SSSR count). The molecule has 206 valence electrons. The van der Waals surface area contributed by atoms with Gasteiger partial charge < -0.3 is 25.8 Å². The predicted molar refractivity (Wildman–Crippen MR) is 115 cm³/mol. The Bertz CT molecular complexity index is 1170. The molecule has 1 unspecified atom stereocenters. The van der Waals surface area contributed by atoms with Crippen molar-refractivity contribution in [2.45, 2.75) is 19.4 Å². The third-order valence-corrected chi connectivity index (χ3v) is 4.20. The Kier molecular flexibility index (Phi) is 12.2. The summed E-state index contributed by atoms with van der Waals surface area (Å²) in [7, 11) is 0. The number of ketones is 1. The van der Waals surface area contributed by atoms with E-state index < -0.39 is 95.6 Å². The zero-order valence-electron chi connectivity index (χ0n) is 19.2. The molecule has 0 saturated carbocycles. The van der Waals surface area contributed by atoms with Crippen molar-refractivity contribution in [2.75, 3.05) is 13.2 Å². The smallest absolute Gasteiger partial charge is 0.313 e. The maximum atomic E-state index is 13.7. The van der Waals surface area contributed by atoms with Crippen molar-refractivity contribution >= 4 is 29.5 Å². The van der Waals surface area contributed by atoms with E-state index in [9.17, 15) is 50.3 Å². The number of Topliss-reactive ketones (excluding diaryl/α,β-unsaturated/α-hetero) is 1. The Morgan fingerprint density at radius 3 is 2.18 bits per heavy atom. The molecule has 16 heteroatoms. The largest absolute Gasteiger partial charge is 0.481 e. The molecule has 0 aromatic heterocycles. The Balaban J connectivity index is 2.78. The molecule has 0 bridgehead atoms. The highest BCUT2D eigenvalue weighted by atomic mass is 19.2. The van der Waals surface area contributed by atoms with E-state index in [-0.39, 0.29) is 12.4 Å². The second-order valence-electron chi connectivity index (χ2n) is 6.97. The van der Waals surface area contributed by atoms with E-state index >= 15 is 0 Å². The fourth-order valence-electron chi connectivity index (χ4n) is 2.42. The van der Waals surface area contributed by atoms with Crippen molar-refractivity contribution in [3.05, 3.63) is 65.4 Å². The number of carboxylic acids is 1. The molecule has 0 aliphatic heterocycles. The van der Waals surface area contributed by atoms with Gasteiger partial charge in [0, 0.05) is 6.07 Å². The van der Waals surface area contributed by atoms with Crippen LogP contribution in [0.5, 0.6) is 5.75 Å². The van der Waals surface area contributed by atoms with E-state index in [2.05, 4.69) is 4.74 Å². The van der Waals surface area contributed by atoms with Gasteiger partial charge in [-0.2, -0.15) is 8.78 Å². The van der Waals surface area contributed by atoms with Crippen LogP contribution in [-0.2, 0) is 24.0 Å². The lowest BCUT2D eigenvalue weighted by molar-refractivity contribution is -0.141. The van der Waals surface area contributed by atoms with Crippen LogP contribution in [0.15, 0.2) is 42.1 Å². The summed E-state index contributed by atoms with van der Waals surface area (Å²) in [6.07, 6.45) is 1.89. The summed E-state index contributed by atoms with van der Waals surface area (Å²) in [5.74, 6) is -17.8.